The molecule has 1 heterocycles. The van der Waals surface area contributed by atoms with Gasteiger partial charge < -0.3 is 20.6 Å². The Morgan fingerprint density at radius 3 is 2.71 bits per heavy atom. The molecule has 0 bridgehead atoms. The topological polar surface area (TPSA) is 64.6 Å². The van der Waals surface area contributed by atoms with Crippen LogP contribution in [0.25, 0.3) is 0 Å². The third kappa shape index (κ3) is 5.47. The lowest BCUT2D eigenvalue weighted by Crippen LogP contribution is -2.49. The van der Waals surface area contributed by atoms with E-state index in [4.69, 9.17) is 0 Å². The maximum absolute atomic E-state index is 11.9. The summed E-state index contributed by atoms with van der Waals surface area (Å²) < 4.78 is 0. The third-order valence-electron chi connectivity index (χ3n) is 4.96. The number of amides is 2. The fourth-order valence-electron chi connectivity index (χ4n) is 3.54. The molecule has 1 saturated carbocycles. The van der Waals surface area contributed by atoms with Crippen molar-refractivity contribution in [2.75, 3.05) is 32.7 Å². The number of likely N-dealkylation sites (tertiary alicyclic amines) is 1. The molecule has 2 fully saturated rings. The van der Waals surface area contributed by atoms with E-state index in [1.807, 2.05) is 0 Å². The van der Waals surface area contributed by atoms with E-state index in [2.05, 4.69) is 22.5 Å². The van der Waals surface area contributed by atoms with Gasteiger partial charge in [0.15, 0.2) is 0 Å². The van der Waals surface area contributed by atoms with Crippen molar-refractivity contribution in [3.05, 3.63) is 0 Å². The van der Waals surface area contributed by atoms with Gasteiger partial charge in [-0.05, 0) is 44.7 Å². The Hall–Kier alpha value is -0.810. The Morgan fingerprint density at radius 1 is 1.24 bits per heavy atom. The van der Waals surface area contributed by atoms with Gasteiger partial charge in [-0.15, -0.1) is 0 Å². The van der Waals surface area contributed by atoms with Crippen LogP contribution < -0.4 is 10.6 Å². The number of carbonyl (C=O) groups is 1. The van der Waals surface area contributed by atoms with Crippen LogP contribution in [-0.2, 0) is 0 Å². The normalized spacial score (nSPS) is 26.3. The quantitative estimate of drug-likeness (QED) is 0.724. The standard InChI is InChI=1S/C16H31N3O2/c1-2-19-10-6-7-14(12-19)11-17-15(20)18-13-16(21)8-4-3-5-9-16/h14,21H,2-13H2,1H3,(H2,17,18,20). The minimum atomic E-state index is -0.681. The summed E-state index contributed by atoms with van der Waals surface area (Å²) >= 11 is 0. The molecule has 0 spiro atoms. The van der Waals surface area contributed by atoms with Crippen molar-refractivity contribution in [3.63, 3.8) is 0 Å². The highest BCUT2D eigenvalue weighted by molar-refractivity contribution is 5.73. The van der Waals surface area contributed by atoms with Crippen LogP contribution in [0.4, 0.5) is 4.79 Å². The van der Waals surface area contributed by atoms with E-state index in [-0.39, 0.29) is 6.03 Å². The summed E-state index contributed by atoms with van der Waals surface area (Å²) in [6, 6.07) is -0.136. The molecule has 0 radical (unpaired) electrons. The monoisotopic (exact) mass is 297 g/mol. The summed E-state index contributed by atoms with van der Waals surface area (Å²) in [5.41, 5.74) is -0.681. The molecule has 2 amide bonds. The number of carbonyl (C=O) groups excluding carboxylic acids is 1. The fourth-order valence-corrected chi connectivity index (χ4v) is 3.54. The van der Waals surface area contributed by atoms with Gasteiger partial charge in [0, 0.05) is 19.6 Å². The Balaban J connectivity index is 1.63. The highest BCUT2D eigenvalue weighted by Crippen LogP contribution is 2.27. The first-order valence-corrected chi connectivity index (χ1v) is 8.58. The molecule has 5 heteroatoms. The second kappa shape index (κ2) is 7.99. The number of urea groups is 1. The number of rotatable bonds is 5. The average molecular weight is 297 g/mol. The van der Waals surface area contributed by atoms with Gasteiger partial charge >= 0.3 is 6.03 Å². The highest BCUT2D eigenvalue weighted by Gasteiger charge is 2.29. The summed E-state index contributed by atoms with van der Waals surface area (Å²) in [5.74, 6) is 0.558. The average Bonchev–Trinajstić information content (AvgIpc) is 2.52. The Morgan fingerprint density at radius 2 is 2.00 bits per heavy atom. The number of hydrogen-bond acceptors (Lipinski definition) is 3. The first kappa shape index (κ1) is 16.6. The number of aliphatic hydroxyl groups is 1. The molecule has 122 valence electrons. The molecule has 1 aliphatic heterocycles. The minimum Gasteiger partial charge on any atom is -0.388 e. The Labute approximate surface area is 128 Å². The molecule has 1 aliphatic carbocycles. The predicted molar refractivity (Wildman–Crippen MR) is 84.3 cm³/mol. The van der Waals surface area contributed by atoms with Gasteiger partial charge in [-0.25, -0.2) is 4.79 Å². The van der Waals surface area contributed by atoms with Gasteiger partial charge in [-0.2, -0.15) is 0 Å². The van der Waals surface area contributed by atoms with E-state index >= 15 is 0 Å². The first-order valence-electron chi connectivity index (χ1n) is 8.58. The lowest BCUT2D eigenvalue weighted by molar-refractivity contribution is 0.00716. The summed E-state index contributed by atoms with van der Waals surface area (Å²) in [6.07, 6.45) is 7.36. The molecular formula is C16H31N3O2. The van der Waals surface area contributed by atoms with Gasteiger partial charge in [0.25, 0.3) is 0 Å². The van der Waals surface area contributed by atoms with Crippen LogP contribution in [0.5, 0.6) is 0 Å². The largest absolute Gasteiger partial charge is 0.388 e. The van der Waals surface area contributed by atoms with E-state index in [0.717, 1.165) is 45.3 Å². The van der Waals surface area contributed by atoms with E-state index < -0.39 is 5.60 Å². The van der Waals surface area contributed by atoms with Crippen LogP contribution in [0.2, 0.25) is 0 Å². The molecule has 0 aromatic rings. The summed E-state index contributed by atoms with van der Waals surface area (Å²) in [5, 5.41) is 16.2. The number of piperidine rings is 1. The zero-order valence-corrected chi connectivity index (χ0v) is 13.4. The molecule has 21 heavy (non-hydrogen) atoms. The third-order valence-corrected chi connectivity index (χ3v) is 4.96. The van der Waals surface area contributed by atoms with Crippen molar-refractivity contribution in [1.82, 2.24) is 15.5 Å². The van der Waals surface area contributed by atoms with Crippen molar-refractivity contribution in [3.8, 4) is 0 Å². The summed E-state index contributed by atoms with van der Waals surface area (Å²) in [7, 11) is 0. The first-order chi connectivity index (χ1) is 10.1. The lowest BCUT2D eigenvalue weighted by atomic mass is 9.85. The van der Waals surface area contributed by atoms with E-state index in [9.17, 15) is 9.90 Å². The number of nitrogens with one attached hydrogen (secondary N) is 2. The van der Waals surface area contributed by atoms with Crippen LogP contribution in [0.1, 0.15) is 51.9 Å². The van der Waals surface area contributed by atoms with Gasteiger partial charge in [-0.1, -0.05) is 26.2 Å². The van der Waals surface area contributed by atoms with Gasteiger partial charge in [0.2, 0.25) is 0 Å². The number of hydrogen-bond donors (Lipinski definition) is 3. The maximum atomic E-state index is 11.9. The zero-order valence-electron chi connectivity index (χ0n) is 13.4. The van der Waals surface area contributed by atoms with Gasteiger partial charge in [0.1, 0.15) is 0 Å². The minimum absolute atomic E-state index is 0.136. The van der Waals surface area contributed by atoms with Gasteiger partial charge in [-0.3, -0.25) is 0 Å². The molecule has 3 N–H and O–H groups in total. The van der Waals surface area contributed by atoms with Crippen LogP contribution in [-0.4, -0.2) is 54.4 Å². The van der Waals surface area contributed by atoms with Crippen molar-refractivity contribution in [2.45, 2.75) is 57.5 Å². The molecule has 5 nitrogen and oxygen atoms in total. The molecule has 1 unspecified atom stereocenters. The number of nitrogens with zero attached hydrogens (tertiary/aromatic N) is 1. The maximum Gasteiger partial charge on any atom is 0.314 e. The molecule has 2 aliphatic rings. The van der Waals surface area contributed by atoms with Crippen molar-refractivity contribution < 1.29 is 9.90 Å². The summed E-state index contributed by atoms with van der Waals surface area (Å²) in [6.45, 7) is 6.67. The molecular weight excluding hydrogens is 266 g/mol. The van der Waals surface area contributed by atoms with Gasteiger partial charge in [0.05, 0.1) is 5.60 Å². The lowest BCUT2D eigenvalue weighted by Gasteiger charge is -2.33. The van der Waals surface area contributed by atoms with Crippen LogP contribution >= 0.6 is 0 Å². The predicted octanol–water partition coefficient (Wildman–Crippen LogP) is 1.71. The highest BCUT2D eigenvalue weighted by atomic mass is 16.3. The Bertz CT molecular complexity index is 329. The van der Waals surface area contributed by atoms with Crippen LogP contribution in [0, 0.1) is 5.92 Å². The second-order valence-electron chi connectivity index (χ2n) is 6.75. The Kier molecular flexibility index (Phi) is 6.30. The second-order valence-corrected chi connectivity index (χ2v) is 6.75. The SMILES string of the molecule is CCN1CCCC(CNC(=O)NCC2(O)CCCCC2)C1. The van der Waals surface area contributed by atoms with Crippen molar-refractivity contribution in [1.29, 1.82) is 0 Å². The molecule has 0 aromatic heterocycles. The fraction of sp³-hybridized carbons (Fsp3) is 0.938. The van der Waals surface area contributed by atoms with Crippen molar-refractivity contribution in [2.24, 2.45) is 5.92 Å². The van der Waals surface area contributed by atoms with Crippen LogP contribution in [0.15, 0.2) is 0 Å². The molecule has 1 atom stereocenters. The van der Waals surface area contributed by atoms with Crippen molar-refractivity contribution >= 4 is 6.03 Å². The van der Waals surface area contributed by atoms with E-state index in [1.165, 1.54) is 25.8 Å². The molecule has 1 saturated heterocycles. The van der Waals surface area contributed by atoms with Crippen LogP contribution in [0.3, 0.4) is 0 Å². The molecule has 0 aromatic carbocycles. The van der Waals surface area contributed by atoms with E-state index in [0.29, 0.717) is 12.5 Å². The summed E-state index contributed by atoms with van der Waals surface area (Å²) in [4.78, 5) is 14.3. The van der Waals surface area contributed by atoms with E-state index in [1.54, 1.807) is 0 Å². The molecule has 2 rings (SSSR count). The zero-order chi connectivity index (χ0) is 15.1. The smallest absolute Gasteiger partial charge is 0.314 e.